The van der Waals surface area contributed by atoms with E-state index in [9.17, 15) is 14.5 Å². The van der Waals surface area contributed by atoms with E-state index in [2.05, 4.69) is 14.9 Å². The molecule has 1 aromatic carbocycles. The van der Waals surface area contributed by atoms with Gasteiger partial charge in [-0.1, -0.05) is 0 Å². The Bertz CT molecular complexity index is 481. The second kappa shape index (κ2) is 2.47. The van der Waals surface area contributed by atoms with Crippen LogP contribution in [0.3, 0.4) is 0 Å². The second-order valence-electron chi connectivity index (χ2n) is 2.29. The van der Waals surface area contributed by atoms with E-state index >= 15 is 0 Å². The number of hydrogen-bond acceptors (Lipinski definition) is 5. The third kappa shape index (κ3) is 1.01. The lowest BCUT2D eigenvalue weighted by Crippen LogP contribution is -1.92. The molecular formula is C6H2FN3O3. The molecule has 0 aliphatic rings. The van der Waals surface area contributed by atoms with Crippen molar-refractivity contribution in [3.8, 4) is 0 Å². The molecule has 6 nitrogen and oxygen atoms in total. The number of aromatic nitrogens is 2. The molecule has 0 saturated heterocycles. The number of fused-ring (bicyclic) bond motifs is 1. The first kappa shape index (κ1) is 7.59. The van der Waals surface area contributed by atoms with Crippen LogP contribution in [-0.4, -0.2) is 15.2 Å². The van der Waals surface area contributed by atoms with Gasteiger partial charge < -0.3 is 0 Å². The Labute approximate surface area is 70.1 Å². The van der Waals surface area contributed by atoms with Crippen LogP contribution in [0.15, 0.2) is 16.8 Å². The first-order chi connectivity index (χ1) is 6.20. The summed E-state index contributed by atoms with van der Waals surface area (Å²) < 4.78 is 17.4. The van der Waals surface area contributed by atoms with Crippen molar-refractivity contribution in [1.82, 2.24) is 10.3 Å². The molecule has 7 heteroatoms. The Balaban J connectivity index is 2.80. The average Bonchev–Trinajstić information content (AvgIpc) is 2.52. The summed E-state index contributed by atoms with van der Waals surface area (Å²) in [7, 11) is 0. The zero-order valence-electron chi connectivity index (χ0n) is 6.10. The van der Waals surface area contributed by atoms with Gasteiger partial charge in [0.1, 0.15) is 5.52 Å². The predicted octanol–water partition coefficient (Wildman–Crippen LogP) is 1.27. The van der Waals surface area contributed by atoms with Crippen molar-refractivity contribution >= 4 is 16.7 Å². The van der Waals surface area contributed by atoms with Gasteiger partial charge in [0, 0.05) is 6.07 Å². The van der Waals surface area contributed by atoms with Crippen LogP contribution in [0.2, 0.25) is 0 Å². The molecule has 2 rings (SSSR count). The molecule has 1 aromatic heterocycles. The van der Waals surface area contributed by atoms with Gasteiger partial charge in [0.25, 0.3) is 0 Å². The van der Waals surface area contributed by atoms with Gasteiger partial charge in [-0.3, -0.25) is 10.1 Å². The largest absolute Gasteiger partial charge is 0.307 e. The van der Waals surface area contributed by atoms with Crippen molar-refractivity contribution in [3.05, 3.63) is 28.1 Å². The van der Waals surface area contributed by atoms with E-state index in [-0.39, 0.29) is 11.0 Å². The molecule has 0 aliphatic heterocycles. The van der Waals surface area contributed by atoms with Crippen molar-refractivity contribution in [1.29, 1.82) is 0 Å². The molecule has 0 amide bonds. The highest BCUT2D eigenvalue weighted by atomic mass is 19.1. The van der Waals surface area contributed by atoms with Crippen molar-refractivity contribution in [2.24, 2.45) is 0 Å². The normalized spacial score (nSPS) is 10.5. The van der Waals surface area contributed by atoms with Crippen LogP contribution in [0.5, 0.6) is 0 Å². The predicted molar refractivity (Wildman–Crippen MR) is 38.4 cm³/mol. The number of nitro groups is 1. The Hall–Kier alpha value is -2.05. The van der Waals surface area contributed by atoms with Crippen molar-refractivity contribution in [2.75, 3.05) is 0 Å². The summed E-state index contributed by atoms with van der Waals surface area (Å²) in [6.45, 7) is 0. The number of hydrogen-bond donors (Lipinski definition) is 0. The van der Waals surface area contributed by atoms with E-state index < -0.39 is 16.4 Å². The zero-order valence-corrected chi connectivity index (χ0v) is 6.10. The van der Waals surface area contributed by atoms with Crippen LogP contribution in [0.1, 0.15) is 0 Å². The van der Waals surface area contributed by atoms with Crippen LogP contribution in [0, 0.1) is 15.9 Å². The molecular weight excluding hydrogens is 181 g/mol. The molecule has 0 saturated carbocycles. The maximum atomic E-state index is 13.1. The monoisotopic (exact) mass is 183 g/mol. The van der Waals surface area contributed by atoms with Gasteiger partial charge in [0.15, 0.2) is 5.52 Å². The zero-order chi connectivity index (χ0) is 9.42. The SMILES string of the molecule is O=[N+]([O-])c1ccc2nonc2c1F. The fraction of sp³-hybridized carbons (Fsp3) is 0. The molecule has 0 bridgehead atoms. The molecule has 2 aromatic rings. The number of rotatable bonds is 1. The minimum absolute atomic E-state index is 0.156. The van der Waals surface area contributed by atoms with E-state index in [0.717, 1.165) is 6.07 Å². The maximum absolute atomic E-state index is 13.1. The minimum atomic E-state index is -1.02. The molecule has 0 N–H and O–H groups in total. The molecule has 0 fully saturated rings. The third-order valence-corrected chi connectivity index (χ3v) is 1.54. The molecule has 66 valence electrons. The molecule has 0 unspecified atom stereocenters. The highest BCUT2D eigenvalue weighted by Crippen LogP contribution is 2.23. The maximum Gasteiger partial charge on any atom is 0.307 e. The lowest BCUT2D eigenvalue weighted by molar-refractivity contribution is -0.387. The van der Waals surface area contributed by atoms with Crippen LogP contribution in [0.25, 0.3) is 11.0 Å². The van der Waals surface area contributed by atoms with E-state index in [1.54, 1.807) is 0 Å². The van der Waals surface area contributed by atoms with Crippen LogP contribution < -0.4 is 0 Å². The summed E-state index contributed by atoms with van der Waals surface area (Å²) in [6, 6.07) is 2.29. The average molecular weight is 183 g/mol. The van der Waals surface area contributed by atoms with E-state index in [0.29, 0.717) is 0 Å². The second-order valence-corrected chi connectivity index (χ2v) is 2.29. The van der Waals surface area contributed by atoms with Gasteiger partial charge >= 0.3 is 5.69 Å². The topological polar surface area (TPSA) is 82.1 Å². The Morgan fingerprint density at radius 1 is 1.46 bits per heavy atom. The van der Waals surface area contributed by atoms with Crippen LogP contribution >= 0.6 is 0 Å². The molecule has 0 aliphatic carbocycles. The summed E-state index contributed by atoms with van der Waals surface area (Å²) in [5.41, 5.74) is -0.708. The Morgan fingerprint density at radius 2 is 2.23 bits per heavy atom. The third-order valence-electron chi connectivity index (χ3n) is 1.54. The van der Waals surface area contributed by atoms with Crippen molar-refractivity contribution in [3.63, 3.8) is 0 Å². The van der Waals surface area contributed by atoms with Gasteiger partial charge in [-0.2, -0.15) is 4.39 Å². The van der Waals surface area contributed by atoms with Crippen molar-refractivity contribution in [2.45, 2.75) is 0 Å². The number of nitrogens with zero attached hydrogens (tertiary/aromatic N) is 3. The highest BCUT2D eigenvalue weighted by Gasteiger charge is 2.19. The molecule has 0 radical (unpaired) electrons. The van der Waals surface area contributed by atoms with Crippen molar-refractivity contribution < 1.29 is 13.9 Å². The standard InChI is InChI=1S/C6H2FN3O3/c7-5-4(10(11)12)2-1-3-6(5)9-13-8-3/h1-2H. The van der Waals surface area contributed by atoms with Gasteiger partial charge in [-0.15, -0.1) is 0 Å². The molecule has 13 heavy (non-hydrogen) atoms. The lowest BCUT2D eigenvalue weighted by Gasteiger charge is -1.91. The fourth-order valence-electron chi connectivity index (χ4n) is 0.950. The number of halogens is 1. The molecule has 0 atom stereocenters. The quantitative estimate of drug-likeness (QED) is 0.491. The Kier molecular flexibility index (Phi) is 1.44. The van der Waals surface area contributed by atoms with Gasteiger partial charge in [-0.25, -0.2) is 4.63 Å². The summed E-state index contributed by atoms with van der Waals surface area (Å²) in [5.74, 6) is -1.02. The fourth-order valence-corrected chi connectivity index (χ4v) is 0.950. The number of benzene rings is 1. The minimum Gasteiger partial charge on any atom is -0.258 e. The van der Waals surface area contributed by atoms with E-state index in [1.165, 1.54) is 6.07 Å². The van der Waals surface area contributed by atoms with Gasteiger partial charge in [0.05, 0.1) is 4.92 Å². The summed E-state index contributed by atoms with van der Waals surface area (Å²) >= 11 is 0. The first-order valence-electron chi connectivity index (χ1n) is 3.25. The van der Waals surface area contributed by atoms with Gasteiger partial charge in [0.2, 0.25) is 5.82 Å². The molecule has 0 spiro atoms. The Morgan fingerprint density at radius 3 is 2.92 bits per heavy atom. The van der Waals surface area contributed by atoms with E-state index in [4.69, 9.17) is 0 Å². The van der Waals surface area contributed by atoms with Crippen LogP contribution in [-0.2, 0) is 0 Å². The first-order valence-corrected chi connectivity index (χ1v) is 3.25. The van der Waals surface area contributed by atoms with Crippen LogP contribution in [0.4, 0.5) is 10.1 Å². The number of nitro benzene ring substituents is 1. The summed E-state index contributed by atoms with van der Waals surface area (Å²) in [4.78, 5) is 9.44. The lowest BCUT2D eigenvalue weighted by atomic mass is 10.2. The summed E-state index contributed by atoms with van der Waals surface area (Å²) in [6.07, 6.45) is 0. The smallest absolute Gasteiger partial charge is 0.258 e. The highest BCUT2D eigenvalue weighted by molar-refractivity contribution is 5.76. The summed E-state index contributed by atoms with van der Waals surface area (Å²) in [5, 5.41) is 16.8. The molecule has 1 heterocycles. The van der Waals surface area contributed by atoms with Gasteiger partial charge in [-0.05, 0) is 16.4 Å². The van der Waals surface area contributed by atoms with E-state index in [1.807, 2.05) is 0 Å².